The fraction of sp³-hybridized carbons (Fsp3) is 0.915. The Hall–Kier alpha value is -1.92. The molecular formula is C47H72O19. The molecule has 8 fully saturated rings. The van der Waals surface area contributed by atoms with Crippen molar-refractivity contribution in [3.05, 3.63) is 11.6 Å². The lowest BCUT2D eigenvalue weighted by molar-refractivity contribution is -0.352. The minimum absolute atomic E-state index is 0.00657. The van der Waals surface area contributed by atoms with Crippen LogP contribution in [0.5, 0.6) is 0 Å². The zero-order valence-corrected chi connectivity index (χ0v) is 38.5. The molecule has 5 heterocycles. The molecule has 9 aliphatic rings. The van der Waals surface area contributed by atoms with Gasteiger partial charge < -0.3 is 83.5 Å². The van der Waals surface area contributed by atoms with E-state index in [1.807, 2.05) is 6.92 Å². The molecule has 0 aromatic heterocycles. The lowest BCUT2D eigenvalue weighted by atomic mass is 9.43. The molecule has 8 N–H and O–H groups in total. The number of carboxylic acid groups (broad SMARTS) is 1. The number of aliphatic carboxylic acids is 1. The molecule has 0 bridgehead atoms. The van der Waals surface area contributed by atoms with Gasteiger partial charge in [0.05, 0.1) is 48.3 Å². The van der Waals surface area contributed by atoms with E-state index in [-0.39, 0.29) is 54.0 Å². The molecule has 19 nitrogen and oxygen atoms in total. The number of aliphatic hydroxyl groups is 7. The highest BCUT2D eigenvalue weighted by Crippen LogP contribution is 2.70. The van der Waals surface area contributed by atoms with Crippen LogP contribution in [0.2, 0.25) is 0 Å². The Morgan fingerprint density at radius 2 is 1.23 bits per heavy atom. The quantitative estimate of drug-likeness (QED) is 0.113. The topological polar surface area (TPSA) is 279 Å². The molecule has 25 atom stereocenters. The van der Waals surface area contributed by atoms with Gasteiger partial charge in [0.15, 0.2) is 31.3 Å². The molecule has 0 aromatic carbocycles. The van der Waals surface area contributed by atoms with Gasteiger partial charge in [0.2, 0.25) is 0 Å². The van der Waals surface area contributed by atoms with Crippen molar-refractivity contribution < 1.29 is 93.1 Å². The van der Waals surface area contributed by atoms with Crippen molar-refractivity contribution in [1.29, 1.82) is 0 Å². The predicted octanol–water partition coefficient (Wildman–Crippen LogP) is 1.16. The van der Waals surface area contributed by atoms with Crippen molar-refractivity contribution in [2.75, 3.05) is 6.61 Å². The van der Waals surface area contributed by atoms with E-state index >= 15 is 0 Å². The Bertz CT molecular complexity index is 1770. The number of carbonyl (C=O) groups excluding carboxylic acids is 1. The number of fused-ring (bicyclic) bond motifs is 5. The molecule has 4 saturated heterocycles. The van der Waals surface area contributed by atoms with Gasteiger partial charge in [-0.05, 0) is 113 Å². The first-order valence-electron chi connectivity index (χ1n) is 24.3. The van der Waals surface area contributed by atoms with Gasteiger partial charge in [0.1, 0.15) is 43.2 Å². The van der Waals surface area contributed by atoms with E-state index in [1.54, 1.807) is 19.9 Å². The molecule has 0 spiro atoms. The van der Waals surface area contributed by atoms with Gasteiger partial charge in [-0.3, -0.25) is 0 Å². The largest absolute Gasteiger partial charge is 0.479 e. The maximum atomic E-state index is 12.6. The molecule has 5 aliphatic heterocycles. The number of esters is 1. The second-order valence-electron chi connectivity index (χ2n) is 21.6. The van der Waals surface area contributed by atoms with Crippen molar-refractivity contribution in [2.45, 2.75) is 228 Å². The monoisotopic (exact) mass is 940 g/mol. The number of carboxylic acids is 1. The van der Waals surface area contributed by atoms with Crippen LogP contribution in [0.3, 0.4) is 0 Å². The van der Waals surface area contributed by atoms with Crippen molar-refractivity contribution in [2.24, 2.45) is 34.5 Å². The van der Waals surface area contributed by atoms with Crippen LogP contribution in [0.15, 0.2) is 11.6 Å². The number of rotatable bonds is 10. The third-order valence-electron chi connectivity index (χ3n) is 17.9. The van der Waals surface area contributed by atoms with Gasteiger partial charge in [-0.2, -0.15) is 0 Å². The minimum Gasteiger partial charge on any atom is -0.479 e. The Labute approximate surface area is 384 Å². The number of aliphatic hydroxyl groups excluding tert-OH is 6. The Morgan fingerprint density at radius 3 is 1.77 bits per heavy atom. The number of cyclic esters (lactones) is 1. The molecule has 66 heavy (non-hydrogen) atoms. The van der Waals surface area contributed by atoms with Crippen molar-refractivity contribution in [3.63, 3.8) is 0 Å². The SMILES string of the molecule is C[C@H]1O[C@@H](O[C@H]2CC[C@@]3(C)[C@H](CC[C@@H]4[C@@H]3CC[C@]3(C)[C@@H](C5=CC(=O)OC5)CC[C@]43O)C2)C[C@H](O)[C@@H]1O[C@H]1C[C@H](O)[C@H](O[C@H]2C[C@H](O)[C@H](O[C@@H]3O[C@H](C(=O)O)[C@@H](O)[C@H](O)[C@H]3O)[C@@H](C)O2)[C@@H](C)O1. The minimum atomic E-state index is -1.90. The maximum Gasteiger partial charge on any atom is 0.335 e. The fourth-order valence-corrected chi connectivity index (χ4v) is 14.3. The van der Waals surface area contributed by atoms with Crippen LogP contribution in [0.1, 0.15) is 112 Å². The number of hydrogen-bond donors (Lipinski definition) is 8. The lowest BCUT2D eigenvalue weighted by Crippen LogP contribution is -2.62. The molecule has 0 aromatic rings. The third kappa shape index (κ3) is 8.71. The summed E-state index contributed by atoms with van der Waals surface area (Å²) >= 11 is 0. The smallest absolute Gasteiger partial charge is 0.335 e. The van der Waals surface area contributed by atoms with Crippen molar-refractivity contribution in [1.82, 2.24) is 0 Å². The molecule has 19 heteroatoms. The average Bonchev–Trinajstić information content (AvgIpc) is 3.80. The van der Waals surface area contributed by atoms with E-state index in [0.717, 1.165) is 63.4 Å². The van der Waals surface area contributed by atoms with E-state index in [1.165, 1.54) is 0 Å². The van der Waals surface area contributed by atoms with Crippen LogP contribution in [-0.4, -0.2) is 176 Å². The summed E-state index contributed by atoms with van der Waals surface area (Å²) in [6, 6.07) is 0. The summed E-state index contributed by atoms with van der Waals surface area (Å²) in [5.74, 6) is -0.595. The van der Waals surface area contributed by atoms with Gasteiger partial charge in [-0.1, -0.05) is 13.8 Å². The average molecular weight is 941 g/mol. The standard InChI is InChI=1S/C47H72O19/c1-20-39(63-34-17-30(49)40(21(2)60-34)64-35-18-31(50)41(22(3)61-35)65-44-38(54)36(52)37(53)42(66-44)43(55)56)29(48)16-33(59-20)62-25-8-11-45(4)24(15-25)6-7-28-27(45)9-12-46(5)26(10-13-47(28,46)57)23-14-32(51)58-19-23/h14,20-22,24-31,33-42,44,48-50,52-54,57H,6-13,15-19H2,1-5H3,(H,55,56)/t20-,21-,22-,24-,25+,26-,27+,28-,29+,30+,31+,33+,34+,35+,36+,37+,38-,39-,40-,41-,42+,44-,45+,46-,47+/m1/s1. The van der Waals surface area contributed by atoms with Crippen LogP contribution < -0.4 is 0 Å². The van der Waals surface area contributed by atoms with Crippen LogP contribution in [-0.2, 0) is 52.2 Å². The summed E-state index contributed by atoms with van der Waals surface area (Å²) in [4.78, 5) is 23.5. The summed E-state index contributed by atoms with van der Waals surface area (Å²) in [6.07, 6.45) is -9.80. The zero-order chi connectivity index (χ0) is 47.2. The van der Waals surface area contributed by atoms with Gasteiger partial charge >= 0.3 is 11.9 Å². The van der Waals surface area contributed by atoms with Gasteiger partial charge in [0.25, 0.3) is 0 Å². The Balaban J connectivity index is 0.730. The molecule has 9 rings (SSSR count). The third-order valence-corrected chi connectivity index (χ3v) is 17.9. The van der Waals surface area contributed by atoms with Crippen molar-refractivity contribution in [3.8, 4) is 0 Å². The summed E-state index contributed by atoms with van der Waals surface area (Å²) in [5.41, 5.74) is 0.0886. The highest BCUT2D eigenvalue weighted by Gasteiger charge is 2.68. The van der Waals surface area contributed by atoms with Crippen LogP contribution >= 0.6 is 0 Å². The van der Waals surface area contributed by atoms with E-state index in [0.29, 0.717) is 18.4 Å². The van der Waals surface area contributed by atoms with Crippen LogP contribution in [0.25, 0.3) is 0 Å². The molecule has 4 saturated carbocycles. The maximum absolute atomic E-state index is 12.6. The summed E-state index contributed by atoms with van der Waals surface area (Å²) in [6.45, 7) is 10.1. The summed E-state index contributed by atoms with van der Waals surface area (Å²) < 4.78 is 53.6. The number of carbonyl (C=O) groups is 2. The molecule has 0 amide bonds. The molecule has 4 aliphatic carbocycles. The van der Waals surface area contributed by atoms with E-state index in [4.69, 9.17) is 42.6 Å². The van der Waals surface area contributed by atoms with Gasteiger partial charge in [0, 0.05) is 30.8 Å². The van der Waals surface area contributed by atoms with Gasteiger partial charge in [-0.15, -0.1) is 0 Å². The van der Waals surface area contributed by atoms with Crippen LogP contribution in [0.4, 0.5) is 0 Å². The summed E-state index contributed by atoms with van der Waals surface area (Å²) in [5, 5.41) is 86.2. The normalized spacial score (nSPS) is 54.1. The predicted molar refractivity (Wildman–Crippen MR) is 224 cm³/mol. The summed E-state index contributed by atoms with van der Waals surface area (Å²) in [7, 11) is 0. The molecule has 374 valence electrons. The Morgan fingerprint density at radius 1 is 0.652 bits per heavy atom. The zero-order valence-electron chi connectivity index (χ0n) is 38.5. The van der Waals surface area contributed by atoms with Crippen molar-refractivity contribution >= 4 is 11.9 Å². The number of ether oxygens (including phenoxy) is 9. The molecule has 0 unspecified atom stereocenters. The van der Waals surface area contributed by atoms with Crippen LogP contribution in [0, 0.1) is 34.5 Å². The van der Waals surface area contributed by atoms with E-state index < -0.39 is 116 Å². The van der Waals surface area contributed by atoms with Gasteiger partial charge in [-0.25, -0.2) is 9.59 Å². The Kier molecular flexibility index (Phi) is 13.9. The first kappa shape index (κ1) is 49.1. The first-order chi connectivity index (χ1) is 31.2. The van der Waals surface area contributed by atoms with E-state index in [9.17, 15) is 50.4 Å². The number of hydrogen-bond acceptors (Lipinski definition) is 18. The second-order valence-corrected chi connectivity index (χ2v) is 21.6. The molecular weight excluding hydrogens is 868 g/mol. The lowest BCUT2D eigenvalue weighted by Gasteiger charge is -2.64. The highest BCUT2D eigenvalue weighted by atomic mass is 16.8. The highest BCUT2D eigenvalue weighted by molar-refractivity contribution is 5.85. The second kappa shape index (κ2) is 18.7. The van der Waals surface area contributed by atoms with E-state index in [2.05, 4.69) is 13.8 Å². The first-order valence-corrected chi connectivity index (χ1v) is 24.3. The fourth-order valence-electron chi connectivity index (χ4n) is 14.3. The molecule has 0 radical (unpaired) electrons.